The fourth-order valence-corrected chi connectivity index (χ4v) is 5.24. The third-order valence-corrected chi connectivity index (χ3v) is 6.95. The van der Waals surface area contributed by atoms with E-state index in [1.54, 1.807) is 29.9 Å². The van der Waals surface area contributed by atoms with Gasteiger partial charge in [-0.1, -0.05) is 6.07 Å². The number of nitrogens with zero attached hydrogens (tertiary/aromatic N) is 3. The molecule has 1 aliphatic heterocycles. The summed E-state index contributed by atoms with van der Waals surface area (Å²) >= 11 is 1.25. The van der Waals surface area contributed by atoms with Crippen molar-refractivity contribution in [2.45, 2.75) is 17.2 Å². The molecule has 4 heterocycles. The molecule has 6 nitrogen and oxygen atoms in total. The lowest BCUT2D eigenvalue weighted by molar-refractivity contribution is 0.393. The second-order valence-electron chi connectivity index (χ2n) is 4.91. The summed E-state index contributed by atoms with van der Waals surface area (Å²) in [5, 5.41) is 9.61. The summed E-state index contributed by atoms with van der Waals surface area (Å²) in [5.41, 5.74) is 2.85. The molecular weight excluding hydrogens is 308 g/mol. The first-order valence-electron chi connectivity index (χ1n) is 6.50. The van der Waals surface area contributed by atoms with Crippen molar-refractivity contribution >= 4 is 32.4 Å². The molecule has 8 heteroatoms. The van der Waals surface area contributed by atoms with Gasteiger partial charge in [0, 0.05) is 24.7 Å². The van der Waals surface area contributed by atoms with Crippen LogP contribution in [0.1, 0.15) is 11.1 Å². The van der Waals surface area contributed by atoms with Crippen molar-refractivity contribution in [1.82, 2.24) is 19.5 Å². The fraction of sp³-hybridized carbons (Fsp3) is 0.231. The molecule has 0 atom stereocenters. The number of thiophene rings is 1. The third-order valence-electron chi connectivity index (χ3n) is 3.73. The Balaban J connectivity index is 1.74. The van der Waals surface area contributed by atoms with Gasteiger partial charge in [0.05, 0.1) is 6.20 Å². The average Bonchev–Trinajstić information content (AvgIpc) is 3.17. The molecule has 0 aliphatic carbocycles. The summed E-state index contributed by atoms with van der Waals surface area (Å²) < 4.78 is 27.1. The highest BCUT2D eigenvalue weighted by molar-refractivity contribution is 7.91. The molecule has 108 valence electrons. The molecule has 0 saturated carbocycles. The van der Waals surface area contributed by atoms with E-state index in [-0.39, 0.29) is 0 Å². The van der Waals surface area contributed by atoms with Crippen LogP contribution in [0.3, 0.4) is 0 Å². The molecule has 0 fully saturated rings. The summed E-state index contributed by atoms with van der Waals surface area (Å²) in [5.74, 6) is 0. The Bertz CT molecular complexity index is 900. The van der Waals surface area contributed by atoms with Gasteiger partial charge in [-0.2, -0.15) is 9.40 Å². The van der Waals surface area contributed by atoms with E-state index in [1.807, 2.05) is 0 Å². The minimum absolute atomic E-state index is 0.365. The van der Waals surface area contributed by atoms with Crippen LogP contribution >= 0.6 is 11.3 Å². The van der Waals surface area contributed by atoms with E-state index in [9.17, 15) is 8.42 Å². The zero-order valence-corrected chi connectivity index (χ0v) is 12.6. The van der Waals surface area contributed by atoms with Crippen LogP contribution in [0.4, 0.5) is 0 Å². The van der Waals surface area contributed by atoms with E-state index in [2.05, 4.69) is 15.2 Å². The summed E-state index contributed by atoms with van der Waals surface area (Å²) in [6.07, 6.45) is 4.18. The zero-order valence-electron chi connectivity index (χ0n) is 11.0. The normalized spacial score (nSPS) is 16.2. The smallest absolute Gasteiger partial charge is 0.252 e. The first-order chi connectivity index (χ1) is 10.2. The van der Waals surface area contributed by atoms with Crippen LogP contribution in [0.25, 0.3) is 11.0 Å². The van der Waals surface area contributed by atoms with Crippen LogP contribution in [0.2, 0.25) is 0 Å². The highest BCUT2D eigenvalue weighted by Gasteiger charge is 2.30. The summed E-state index contributed by atoms with van der Waals surface area (Å²) in [6, 6.07) is 3.40. The predicted molar refractivity (Wildman–Crippen MR) is 79.5 cm³/mol. The zero-order chi connectivity index (χ0) is 14.4. The molecule has 0 saturated heterocycles. The number of sulfonamides is 1. The highest BCUT2D eigenvalue weighted by Crippen LogP contribution is 2.29. The molecule has 0 radical (unpaired) electrons. The van der Waals surface area contributed by atoms with Gasteiger partial charge in [0.2, 0.25) is 0 Å². The fourth-order valence-electron chi connectivity index (χ4n) is 2.67. The molecule has 0 aromatic carbocycles. The Kier molecular flexibility index (Phi) is 2.84. The molecule has 21 heavy (non-hydrogen) atoms. The monoisotopic (exact) mass is 320 g/mol. The average molecular weight is 320 g/mol. The lowest BCUT2D eigenvalue weighted by atomic mass is 10.0. The Morgan fingerprint density at radius 3 is 3.05 bits per heavy atom. The van der Waals surface area contributed by atoms with Crippen molar-refractivity contribution in [1.29, 1.82) is 0 Å². The number of H-pyrrole nitrogens is 1. The first-order valence-corrected chi connectivity index (χ1v) is 8.82. The molecule has 3 aromatic rings. The molecule has 4 rings (SSSR count). The number of nitrogens with one attached hydrogen (secondary N) is 1. The van der Waals surface area contributed by atoms with Crippen LogP contribution in [0, 0.1) is 0 Å². The number of hydrogen-bond acceptors (Lipinski definition) is 5. The number of hydrogen-bond donors (Lipinski definition) is 1. The maximum atomic E-state index is 12.6. The topological polar surface area (TPSA) is 79.0 Å². The first kappa shape index (κ1) is 12.9. The second-order valence-corrected chi connectivity index (χ2v) is 8.03. The lowest BCUT2D eigenvalue weighted by Crippen LogP contribution is -2.35. The minimum atomic E-state index is -3.40. The van der Waals surface area contributed by atoms with Crippen LogP contribution < -0.4 is 0 Å². The van der Waals surface area contributed by atoms with E-state index in [4.69, 9.17) is 0 Å². The van der Waals surface area contributed by atoms with Crippen molar-refractivity contribution in [2.75, 3.05) is 6.54 Å². The number of aromatic amines is 1. The SMILES string of the molecule is O=S(=O)(c1cccs1)N1CCc2c(cnc3[nH]ncc23)C1. The summed E-state index contributed by atoms with van der Waals surface area (Å²) in [4.78, 5) is 4.30. The van der Waals surface area contributed by atoms with Gasteiger partial charge in [-0.15, -0.1) is 11.3 Å². The Morgan fingerprint density at radius 1 is 1.33 bits per heavy atom. The Morgan fingerprint density at radius 2 is 2.24 bits per heavy atom. The standard InChI is InChI=1S/C13H12N4O2S2/c18-21(19,12-2-1-5-20-12)17-4-3-10-9(8-17)6-14-13-11(10)7-15-16-13/h1-2,5-7H,3-4,8H2,(H,14,15,16). The molecule has 3 aromatic heterocycles. The second kappa shape index (κ2) is 4.62. The maximum absolute atomic E-state index is 12.6. The van der Waals surface area contributed by atoms with Gasteiger partial charge in [0.15, 0.2) is 5.65 Å². The highest BCUT2D eigenvalue weighted by atomic mass is 32.2. The van der Waals surface area contributed by atoms with Crippen molar-refractivity contribution < 1.29 is 8.42 Å². The van der Waals surface area contributed by atoms with E-state index >= 15 is 0 Å². The largest absolute Gasteiger partial charge is 0.261 e. The summed E-state index contributed by atoms with van der Waals surface area (Å²) in [7, 11) is -3.40. The lowest BCUT2D eigenvalue weighted by Gasteiger charge is -2.27. The molecule has 0 spiro atoms. The van der Waals surface area contributed by atoms with Crippen molar-refractivity contribution in [2.24, 2.45) is 0 Å². The molecule has 1 aliphatic rings. The van der Waals surface area contributed by atoms with Crippen LogP contribution in [0.15, 0.2) is 34.1 Å². The van der Waals surface area contributed by atoms with Crippen molar-refractivity contribution in [3.63, 3.8) is 0 Å². The van der Waals surface area contributed by atoms with Gasteiger partial charge < -0.3 is 0 Å². The van der Waals surface area contributed by atoms with E-state index in [0.717, 1.165) is 22.2 Å². The Labute approximate surface area is 125 Å². The quantitative estimate of drug-likeness (QED) is 0.780. The molecule has 1 N–H and O–H groups in total. The van der Waals surface area contributed by atoms with E-state index in [0.29, 0.717) is 23.7 Å². The van der Waals surface area contributed by atoms with Gasteiger partial charge in [0.1, 0.15) is 4.21 Å². The van der Waals surface area contributed by atoms with Gasteiger partial charge in [0.25, 0.3) is 10.0 Å². The molecule has 0 amide bonds. The van der Waals surface area contributed by atoms with Gasteiger partial charge in [-0.05, 0) is 29.0 Å². The van der Waals surface area contributed by atoms with Gasteiger partial charge in [-0.25, -0.2) is 13.4 Å². The summed E-state index contributed by atoms with van der Waals surface area (Å²) in [6.45, 7) is 0.848. The number of rotatable bonds is 2. The molecule has 0 bridgehead atoms. The van der Waals surface area contributed by atoms with E-state index in [1.165, 1.54) is 15.6 Å². The van der Waals surface area contributed by atoms with Crippen LogP contribution in [-0.2, 0) is 23.0 Å². The minimum Gasteiger partial charge on any atom is -0.261 e. The molecule has 0 unspecified atom stereocenters. The number of fused-ring (bicyclic) bond motifs is 3. The van der Waals surface area contributed by atoms with Gasteiger partial charge in [-0.3, -0.25) is 5.10 Å². The van der Waals surface area contributed by atoms with Crippen LogP contribution in [-0.4, -0.2) is 34.4 Å². The Hall–Kier alpha value is -1.77. The van der Waals surface area contributed by atoms with Gasteiger partial charge >= 0.3 is 0 Å². The van der Waals surface area contributed by atoms with Crippen molar-refractivity contribution in [3.8, 4) is 0 Å². The number of pyridine rings is 1. The number of aromatic nitrogens is 3. The predicted octanol–water partition coefficient (Wildman–Crippen LogP) is 1.77. The van der Waals surface area contributed by atoms with E-state index < -0.39 is 10.0 Å². The molecular formula is C13H12N4O2S2. The third kappa shape index (κ3) is 1.98. The van der Waals surface area contributed by atoms with Crippen molar-refractivity contribution in [3.05, 3.63) is 41.0 Å². The van der Waals surface area contributed by atoms with Crippen LogP contribution in [0.5, 0.6) is 0 Å². The maximum Gasteiger partial charge on any atom is 0.252 e.